The van der Waals surface area contributed by atoms with E-state index in [4.69, 9.17) is 4.74 Å². The minimum atomic E-state index is -3.17. The summed E-state index contributed by atoms with van der Waals surface area (Å²) in [6, 6.07) is 10.2. The molecule has 3 aromatic rings. The number of sulfone groups is 1. The maximum atomic E-state index is 12.8. The number of aromatic nitrogens is 2. The Morgan fingerprint density at radius 3 is 2.96 bits per heavy atom. The second-order valence-corrected chi connectivity index (χ2v) is 8.95. The number of imidazole rings is 1. The van der Waals surface area contributed by atoms with Crippen LogP contribution in [-0.4, -0.2) is 36.2 Å². The van der Waals surface area contributed by atoms with Gasteiger partial charge in [-0.25, -0.2) is 13.4 Å². The highest BCUT2D eigenvalue weighted by Crippen LogP contribution is 2.33. The van der Waals surface area contributed by atoms with E-state index in [-0.39, 0.29) is 11.7 Å². The van der Waals surface area contributed by atoms with Crippen LogP contribution in [-0.2, 0) is 22.8 Å². The topological polar surface area (TPSA) is 90.3 Å². The number of fused-ring (bicyclic) bond motifs is 4. The van der Waals surface area contributed by atoms with Gasteiger partial charge in [0.05, 0.1) is 35.4 Å². The maximum absolute atomic E-state index is 12.8. The van der Waals surface area contributed by atoms with Gasteiger partial charge in [-0.2, -0.15) is 0 Å². The standard InChI is InChI=1S/C20H17N3O4S/c24-20(22-15-2-4-19-13(9-15)5-8-28(19,25)26)14-1-3-18-16(10-14)17-11-21-12-23(17)6-7-27-18/h1-4,9-12H,5-8H2,(H,22,24). The van der Waals surface area contributed by atoms with Gasteiger partial charge in [-0.05, 0) is 48.4 Å². The molecule has 1 N–H and O–H groups in total. The summed E-state index contributed by atoms with van der Waals surface area (Å²) < 4.78 is 31.7. The number of hydrogen-bond acceptors (Lipinski definition) is 5. The summed E-state index contributed by atoms with van der Waals surface area (Å²) in [7, 11) is -3.17. The van der Waals surface area contributed by atoms with E-state index in [0.29, 0.717) is 35.7 Å². The lowest BCUT2D eigenvalue weighted by atomic mass is 10.1. The van der Waals surface area contributed by atoms with E-state index in [2.05, 4.69) is 10.3 Å². The number of carbonyl (C=O) groups excluding carboxylic acids is 1. The van der Waals surface area contributed by atoms with E-state index in [1.807, 2.05) is 4.57 Å². The normalized spacial score (nSPS) is 16.3. The molecular formula is C20H17N3O4S. The molecule has 0 atom stereocenters. The number of rotatable bonds is 2. The average molecular weight is 395 g/mol. The number of aryl methyl sites for hydroxylation is 1. The van der Waals surface area contributed by atoms with E-state index in [1.165, 1.54) is 0 Å². The molecule has 8 heteroatoms. The van der Waals surface area contributed by atoms with Gasteiger partial charge in [0, 0.05) is 16.8 Å². The van der Waals surface area contributed by atoms with Crippen molar-refractivity contribution < 1.29 is 17.9 Å². The molecule has 2 aromatic carbocycles. The maximum Gasteiger partial charge on any atom is 0.255 e. The van der Waals surface area contributed by atoms with Gasteiger partial charge in [0.15, 0.2) is 9.84 Å². The van der Waals surface area contributed by atoms with Crippen molar-refractivity contribution in [1.82, 2.24) is 9.55 Å². The lowest BCUT2D eigenvalue weighted by Crippen LogP contribution is -2.12. The number of benzene rings is 2. The van der Waals surface area contributed by atoms with Crippen molar-refractivity contribution in [3.05, 3.63) is 60.0 Å². The van der Waals surface area contributed by atoms with Gasteiger partial charge in [-0.15, -0.1) is 0 Å². The third-order valence-electron chi connectivity index (χ3n) is 5.11. The van der Waals surface area contributed by atoms with Crippen LogP contribution in [0.25, 0.3) is 11.3 Å². The average Bonchev–Trinajstić information content (AvgIpc) is 3.21. The number of hydrogen-bond donors (Lipinski definition) is 1. The summed E-state index contributed by atoms with van der Waals surface area (Å²) in [6.07, 6.45) is 3.98. The first-order valence-corrected chi connectivity index (χ1v) is 10.6. The van der Waals surface area contributed by atoms with Gasteiger partial charge in [-0.1, -0.05) is 0 Å². The Kier molecular flexibility index (Phi) is 3.77. The Morgan fingerprint density at radius 2 is 2.07 bits per heavy atom. The highest BCUT2D eigenvalue weighted by atomic mass is 32.2. The van der Waals surface area contributed by atoms with E-state index >= 15 is 0 Å². The van der Waals surface area contributed by atoms with Crippen LogP contribution < -0.4 is 10.1 Å². The van der Waals surface area contributed by atoms with E-state index in [0.717, 1.165) is 22.6 Å². The first-order chi connectivity index (χ1) is 13.5. The Hall–Kier alpha value is -3.13. The molecule has 0 fully saturated rings. The zero-order chi connectivity index (χ0) is 19.3. The fourth-order valence-electron chi connectivity index (χ4n) is 3.69. The monoisotopic (exact) mass is 395 g/mol. The molecule has 1 amide bonds. The molecular weight excluding hydrogens is 378 g/mol. The summed E-state index contributed by atoms with van der Waals surface area (Å²) in [4.78, 5) is 17.3. The molecule has 142 valence electrons. The predicted molar refractivity (Wildman–Crippen MR) is 103 cm³/mol. The van der Waals surface area contributed by atoms with E-state index in [1.54, 1.807) is 48.9 Å². The van der Waals surface area contributed by atoms with Gasteiger partial charge in [0.1, 0.15) is 12.4 Å². The molecule has 1 aromatic heterocycles. The third kappa shape index (κ3) is 2.77. The van der Waals surface area contributed by atoms with Crippen molar-refractivity contribution >= 4 is 21.4 Å². The Labute approximate surface area is 161 Å². The molecule has 0 unspecified atom stereocenters. The van der Waals surface area contributed by atoms with Crippen molar-refractivity contribution in [2.75, 3.05) is 17.7 Å². The minimum Gasteiger partial charge on any atom is -0.491 e. The van der Waals surface area contributed by atoms with Crippen molar-refractivity contribution in [2.24, 2.45) is 0 Å². The fraction of sp³-hybridized carbons (Fsp3) is 0.200. The predicted octanol–water partition coefficient (Wildman–Crippen LogP) is 2.52. The zero-order valence-electron chi connectivity index (χ0n) is 14.9. The first kappa shape index (κ1) is 17.0. The van der Waals surface area contributed by atoms with Gasteiger partial charge >= 0.3 is 0 Å². The quantitative estimate of drug-likeness (QED) is 0.720. The highest BCUT2D eigenvalue weighted by molar-refractivity contribution is 7.91. The molecule has 0 saturated carbocycles. The number of amides is 1. The first-order valence-electron chi connectivity index (χ1n) is 8.96. The smallest absolute Gasteiger partial charge is 0.255 e. The molecule has 0 aliphatic carbocycles. The van der Waals surface area contributed by atoms with Crippen LogP contribution in [0.3, 0.4) is 0 Å². The second-order valence-electron chi connectivity index (χ2n) is 6.88. The Balaban J connectivity index is 1.45. The number of ether oxygens (including phenoxy) is 1. The number of nitrogens with one attached hydrogen (secondary N) is 1. The lowest BCUT2D eigenvalue weighted by Gasteiger charge is -2.11. The molecule has 7 nitrogen and oxygen atoms in total. The van der Waals surface area contributed by atoms with Crippen LogP contribution in [0.2, 0.25) is 0 Å². The largest absolute Gasteiger partial charge is 0.491 e. The number of nitrogens with zero attached hydrogens (tertiary/aromatic N) is 2. The van der Waals surface area contributed by atoms with Crippen LogP contribution in [0, 0.1) is 0 Å². The van der Waals surface area contributed by atoms with E-state index in [9.17, 15) is 13.2 Å². The van der Waals surface area contributed by atoms with Crippen LogP contribution in [0.5, 0.6) is 5.75 Å². The van der Waals surface area contributed by atoms with Crippen molar-refractivity contribution in [3.8, 4) is 17.0 Å². The van der Waals surface area contributed by atoms with Crippen molar-refractivity contribution in [1.29, 1.82) is 0 Å². The fourth-order valence-corrected chi connectivity index (χ4v) is 5.23. The molecule has 28 heavy (non-hydrogen) atoms. The van der Waals surface area contributed by atoms with Gasteiger partial charge < -0.3 is 14.6 Å². The van der Waals surface area contributed by atoms with Crippen molar-refractivity contribution in [3.63, 3.8) is 0 Å². The molecule has 0 radical (unpaired) electrons. The SMILES string of the molecule is O=C(Nc1ccc2c(c1)CCS2(=O)=O)c1ccc2c(c1)-c1cncn1CCO2. The van der Waals surface area contributed by atoms with E-state index < -0.39 is 9.84 Å². The molecule has 2 aliphatic heterocycles. The molecule has 0 bridgehead atoms. The third-order valence-corrected chi connectivity index (χ3v) is 6.92. The number of carbonyl (C=O) groups is 1. The summed E-state index contributed by atoms with van der Waals surface area (Å²) in [5, 5.41) is 2.86. The lowest BCUT2D eigenvalue weighted by molar-refractivity contribution is 0.102. The van der Waals surface area contributed by atoms with Crippen LogP contribution in [0.4, 0.5) is 5.69 Å². The number of anilines is 1. The summed E-state index contributed by atoms with van der Waals surface area (Å²) in [5.74, 6) is 0.579. The molecule has 0 saturated heterocycles. The van der Waals surface area contributed by atoms with Crippen LogP contribution >= 0.6 is 0 Å². The van der Waals surface area contributed by atoms with Gasteiger partial charge in [0.25, 0.3) is 5.91 Å². The summed E-state index contributed by atoms with van der Waals surface area (Å²) in [5.41, 5.74) is 3.55. The highest BCUT2D eigenvalue weighted by Gasteiger charge is 2.26. The zero-order valence-corrected chi connectivity index (χ0v) is 15.7. The minimum absolute atomic E-state index is 0.123. The Bertz CT molecular complexity index is 1210. The Morgan fingerprint density at radius 1 is 1.18 bits per heavy atom. The van der Waals surface area contributed by atoms with Gasteiger partial charge in [-0.3, -0.25) is 4.79 Å². The molecule has 2 aliphatic rings. The summed E-state index contributed by atoms with van der Waals surface area (Å²) in [6.45, 7) is 1.24. The van der Waals surface area contributed by atoms with Crippen LogP contribution in [0.15, 0.2) is 53.8 Å². The van der Waals surface area contributed by atoms with Crippen LogP contribution in [0.1, 0.15) is 15.9 Å². The molecule has 5 rings (SSSR count). The summed E-state index contributed by atoms with van der Waals surface area (Å²) >= 11 is 0. The molecule has 3 heterocycles. The van der Waals surface area contributed by atoms with Gasteiger partial charge in [0.2, 0.25) is 0 Å². The molecule has 0 spiro atoms. The second kappa shape index (κ2) is 6.20. The van der Waals surface area contributed by atoms with Crippen molar-refractivity contribution in [2.45, 2.75) is 17.9 Å².